The largest absolute Gasteiger partial charge is 0.492 e. The molecule has 2 aromatic carbocycles. The van der Waals surface area contributed by atoms with Crippen molar-refractivity contribution in [3.8, 4) is 22.8 Å². The minimum Gasteiger partial charge on any atom is -0.492 e. The van der Waals surface area contributed by atoms with Gasteiger partial charge in [-0.2, -0.15) is 8.78 Å². The van der Waals surface area contributed by atoms with Crippen LogP contribution in [0.15, 0.2) is 62.6 Å². The second-order valence-corrected chi connectivity index (χ2v) is 7.62. The van der Waals surface area contributed by atoms with Crippen molar-refractivity contribution >= 4 is 38.5 Å². The topological polar surface area (TPSA) is 67.1 Å². The Hall–Kier alpha value is -2.78. The molecule has 1 aliphatic rings. The molecule has 2 heterocycles. The van der Waals surface area contributed by atoms with Crippen LogP contribution < -0.4 is 14.9 Å². The summed E-state index contributed by atoms with van der Waals surface area (Å²) >= 11 is 9.44. The van der Waals surface area contributed by atoms with Gasteiger partial charge in [0.2, 0.25) is 6.29 Å². The van der Waals surface area contributed by atoms with Gasteiger partial charge in [0.05, 0.1) is 33.5 Å². The van der Waals surface area contributed by atoms with E-state index in [2.05, 4.69) is 20.7 Å². The van der Waals surface area contributed by atoms with E-state index in [0.717, 1.165) is 0 Å². The van der Waals surface area contributed by atoms with Crippen LogP contribution in [-0.4, -0.2) is 19.5 Å². The van der Waals surface area contributed by atoms with Crippen molar-refractivity contribution in [2.75, 3.05) is 6.61 Å². The molecular weight excluding hydrogens is 502 g/mol. The zero-order valence-corrected chi connectivity index (χ0v) is 18.0. The van der Waals surface area contributed by atoms with Crippen molar-refractivity contribution in [1.29, 1.82) is 0 Å². The van der Waals surface area contributed by atoms with Crippen LogP contribution in [-0.2, 0) is 9.47 Å². The highest BCUT2D eigenvalue weighted by Crippen LogP contribution is 2.40. The highest BCUT2D eigenvalue weighted by molar-refractivity contribution is 9.10. The van der Waals surface area contributed by atoms with Crippen LogP contribution in [0.5, 0.6) is 11.5 Å². The van der Waals surface area contributed by atoms with E-state index in [4.69, 9.17) is 30.2 Å². The second kappa shape index (κ2) is 9.15. The summed E-state index contributed by atoms with van der Waals surface area (Å²) in [5.74, 6) is 0.130. The van der Waals surface area contributed by atoms with Crippen molar-refractivity contribution in [2.24, 2.45) is 0 Å². The van der Waals surface area contributed by atoms with Crippen LogP contribution in [0.3, 0.4) is 0 Å². The Morgan fingerprint density at radius 3 is 2.65 bits per heavy atom. The molecule has 1 aromatic heterocycles. The fourth-order valence-corrected chi connectivity index (χ4v) is 3.63. The van der Waals surface area contributed by atoms with Gasteiger partial charge >= 0.3 is 6.61 Å². The Bertz CT molecular complexity index is 1190. The number of benzene rings is 2. The number of rotatable bonds is 7. The maximum Gasteiger partial charge on any atom is 0.387 e. The second-order valence-electron chi connectivity index (χ2n) is 6.36. The summed E-state index contributed by atoms with van der Waals surface area (Å²) < 4.78 is 52.9. The maximum atomic E-state index is 13.0. The molecule has 6 nitrogen and oxygen atoms in total. The summed E-state index contributed by atoms with van der Waals surface area (Å²) in [6.45, 7) is -2.87. The zero-order valence-electron chi connectivity index (χ0n) is 15.6. The van der Waals surface area contributed by atoms with Crippen molar-refractivity contribution in [3.63, 3.8) is 0 Å². The molecule has 31 heavy (non-hydrogen) atoms. The number of hydrogen-bond donors (Lipinski definition) is 0. The van der Waals surface area contributed by atoms with Crippen molar-refractivity contribution < 1.29 is 32.1 Å². The first-order valence-corrected chi connectivity index (χ1v) is 10.2. The molecule has 0 saturated carbocycles. The molecule has 4 rings (SSSR count). The zero-order chi connectivity index (χ0) is 22.0. The Balaban J connectivity index is 1.73. The van der Waals surface area contributed by atoms with Crippen LogP contribution in [0, 0.1) is 0 Å². The number of fused-ring (bicyclic) bond motifs is 1. The van der Waals surface area contributed by atoms with Crippen LogP contribution in [0.4, 0.5) is 8.78 Å². The molecule has 0 spiro atoms. The third kappa shape index (κ3) is 4.77. The Labute approximate surface area is 188 Å². The van der Waals surface area contributed by atoms with E-state index in [1.807, 2.05) is 0 Å². The molecule has 0 atom stereocenters. The molecule has 0 unspecified atom stereocenters. The van der Waals surface area contributed by atoms with Gasteiger partial charge in [0.15, 0.2) is 11.0 Å². The van der Waals surface area contributed by atoms with Crippen molar-refractivity contribution in [2.45, 2.75) is 19.3 Å². The first-order valence-electron chi connectivity index (χ1n) is 9.02. The summed E-state index contributed by atoms with van der Waals surface area (Å²) in [6, 6.07) is 8.69. The molecule has 3 aromatic rings. The predicted molar refractivity (Wildman–Crippen MR) is 112 cm³/mol. The lowest BCUT2D eigenvalue weighted by Gasteiger charge is -2.16. The number of alkyl halides is 2. The van der Waals surface area contributed by atoms with E-state index >= 15 is 0 Å². The fourth-order valence-electron chi connectivity index (χ4n) is 2.98. The summed E-state index contributed by atoms with van der Waals surface area (Å²) in [7, 11) is 0. The predicted octanol–water partition coefficient (Wildman–Crippen LogP) is 6.09. The SMILES string of the molecule is O=c1cc(-c2cc(OCCC3OC=CO3)c(Br)cc2OC(F)F)oc2c(Cl)cccc12. The number of para-hydroxylation sites is 1. The van der Waals surface area contributed by atoms with E-state index in [9.17, 15) is 13.6 Å². The molecule has 0 saturated heterocycles. The minimum absolute atomic E-state index is 0.00487. The van der Waals surface area contributed by atoms with Crippen LogP contribution in [0.1, 0.15) is 6.42 Å². The lowest BCUT2D eigenvalue weighted by atomic mass is 10.1. The summed E-state index contributed by atoms with van der Waals surface area (Å²) in [6.07, 6.45) is 2.83. The van der Waals surface area contributed by atoms with Gasteiger partial charge in [0.25, 0.3) is 0 Å². The Morgan fingerprint density at radius 1 is 1.13 bits per heavy atom. The number of ether oxygens (including phenoxy) is 4. The van der Waals surface area contributed by atoms with Gasteiger partial charge in [-0.25, -0.2) is 0 Å². The lowest BCUT2D eigenvalue weighted by molar-refractivity contribution is -0.0496. The quantitative estimate of drug-likeness (QED) is 0.379. The van der Waals surface area contributed by atoms with Crippen LogP contribution in [0.2, 0.25) is 5.02 Å². The van der Waals surface area contributed by atoms with Gasteiger partial charge < -0.3 is 23.4 Å². The maximum absolute atomic E-state index is 13.0. The monoisotopic (exact) mass is 514 g/mol. The van der Waals surface area contributed by atoms with E-state index < -0.39 is 12.9 Å². The van der Waals surface area contributed by atoms with Gasteiger partial charge in [0, 0.05) is 6.07 Å². The van der Waals surface area contributed by atoms with E-state index in [1.54, 1.807) is 18.2 Å². The molecule has 1 aliphatic heterocycles. The molecule has 0 N–H and O–H groups in total. The average molecular weight is 516 g/mol. The molecule has 10 heteroatoms. The number of halogens is 4. The molecule has 0 aliphatic carbocycles. The molecule has 0 amide bonds. The standard InChI is InChI=1S/C21H14BrClF2O6/c22-13-9-16(31-21(24)25)12(8-18(13)27-5-4-19-28-6-7-29-19)17-10-15(26)11-2-1-3-14(23)20(11)30-17/h1-3,6-10,19,21H,4-5H2. The Morgan fingerprint density at radius 2 is 1.90 bits per heavy atom. The third-order valence-electron chi connectivity index (χ3n) is 4.35. The van der Waals surface area contributed by atoms with Gasteiger partial charge in [-0.05, 0) is 40.2 Å². The van der Waals surface area contributed by atoms with Gasteiger partial charge in [0.1, 0.15) is 29.8 Å². The van der Waals surface area contributed by atoms with Crippen molar-refractivity contribution in [3.05, 3.63) is 68.6 Å². The normalized spacial score (nSPS) is 13.5. The summed E-state index contributed by atoms with van der Waals surface area (Å²) in [5.41, 5.74) is -0.134. The minimum atomic E-state index is -3.09. The van der Waals surface area contributed by atoms with Crippen LogP contribution >= 0.6 is 27.5 Å². The van der Waals surface area contributed by atoms with E-state index in [1.165, 1.54) is 30.7 Å². The van der Waals surface area contributed by atoms with E-state index in [0.29, 0.717) is 16.6 Å². The third-order valence-corrected chi connectivity index (χ3v) is 5.27. The van der Waals surface area contributed by atoms with Crippen molar-refractivity contribution in [1.82, 2.24) is 0 Å². The first kappa shape index (κ1) is 21.5. The smallest absolute Gasteiger partial charge is 0.387 e. The lowest BCUT2D eigenvalue weighted by Crippen LogP contribution is -2.12. The van der Waals surface area contributed by atoms with Gasteiger partial charge in [-0.1, -0.05) is 17.7 Å². The fraction of sp³-hybridized carbons (Fsp3) is 0.190. The summed E-state index contributed by atoms with van der Waals surface area (Å²) in [5, 5.41) is 0.484. The number of hydrogen-bond acceptors (Lipinski definition) is 6. The summed E-state index contributed by atoms with van der Waals surface area (Å²) in [4.78, 5) is 12.5. The molecule has 0 radical (unpaired) electrons. The molecular formula is C21H14BrClF2O6. The Kier molecular flexibility index (Phi) is 6.33. The first-order chi connectivity index (χ1) is 14.9. The van der Waals surface area contributed by atoms with E-state index in [-0.39, 0.29) is 45.1 Å². The van der Waals surface area contributed by atoms with Gasteiger partial charge in [-0.15, -0.1) is 0 Å². The molecule has 0 bridgehead atoms. The van der Waals surface area contributed by atoms with Gasteiger partial charge in [-0.3, -0.25) is 4.79 Å². The van der Waals surface area contributed by atoms with Crippen LogP contribution in [0.25, 0.3) is 22.3 Å². The average Bonchev–Trinajstić information content (AvgIpc) is 3.23. The highest BCUT2D eigenvalue weighted by atomic mass is 79.9. The molecule has 162 valence electrons. The highest BCUT2D eigenvalue weighted by Gasteiger charge is 2.20. The molecule has 0 fully saturated rings.